The van der Waals surface area contributed by atoms with Crippen LogP contribution in [0.4, 0.5) is 0 Å². The molecule has 0 aromatic rings. The van der Waals surface area contributed by atoms with Crippen molar-refractivity contribution in [3.05, 3.63) is 22.8 Å². The summed E-state index contributed by atoms with van der Waals surface area (Å²) < 4.78 is 0. The van der Waals surface area contributed by atoms with Crippen molar-refractivity contribution < 1.29 is 9.59 Å². The fraction of sp³-hybridized carbons (Fsp3) is 0.684. The average molecular weight is 288 g/mol. The molecule has 2 nitrogen and oxygen atoms in total. The Balaban J connectivity index is 2.36. The second kappa shape index (κ2) is 5.90. The van der Waals surface area contributed by atoms with Crippen LogP contribution >= 0.6 is 0 Å². The molecule has 0 N–H and O–H groups in total. The maximum atomic E-state index is 12.7. The van der Waals surface area contributed by atoms with Gasteiger partial charge in [0.25, 0.3) is 0 Å². The smallest absolute Gasteiger partial charge is 0.148 e. The monoisotopic (exact) mass is 288 g/mol. The molecule has 0 spiro atoms. The maximum absolute atomic E-state index is 12.7. The summed E-state index contributed by atoms with van der Waals surface area (Å²) >= 11 is 0. The summed E-state index contributed by atoms with van der Waals surface area (Å²) in [4.78, 5) is 25.5. The molecular formula is C19H28O2. The molecule has 0 amide bonds. The number of carbonyl (C=O) groups is 2. The number of hydrogen-bond acceptors (Lipinski definition) is 2. The van der Waals surface area contributed by atoms with E-state index in [-0.39, 0.29) is 17.0 Å². The van der Waals surface area contributed by atoms with Gasteiger partial charge in [0.2, 0.25) is 0 Å². The van der Waals surface area contributed by atoms with Crippen LogP contribution in [-0.2, 0) is 9.59 Å². The molecule has 1 saturated carbocycles. The lowest BCUT2D eigenvalue weighted by molar-refractivity contribution is -0.139. The fourth-order valence-corrected chi connectivity index (χ4v) is 4.29. The lowest BCUT2D eigenvalue weighted by atomic mass is 9.62. The van der Waals surface area contributed by atoms with Crippen LogP contribution in [0, 0.1) is 17.3 Å². The van der Waals surface area contributed by atoms with Crippen molar-refractivity contribution in [2.24, 2.45) is 17.3 Å². The van der Waals surface area contributed by atoms with Gasteiger partial charge in [-0.25, -0.2) is 0 Å². The lowest BCUT2D eigenvalue weighted by Crippen LogP contribution is -2.42. The fourth-order valence-electron chi connectivity index (χ4n) is 4.29. The summed E-state index contributed by atoms with van der Waals surface area (Å²) in [6, 6.07) is 0. The standard InChI is InChI=1S/C19H28O2/c1-6-19(7-2)10-15(20)18(16(21)11-19)17-13(4)8-12(3)9-14(17)5/h8,14,18H,6-7,9-11H2,1-5H3. The van der Waals surface area contributed by atoms with Gasteiger partial charge in [-0.2, -0.15) is 0 Å². The minimum absolute atomic E-state index is 0.0806. The predicted molar refractivity (Wildman–Crippen MR) is 86.0 cm³/mol. The first-order valence-electron chi connectivity index (χ1n) is 8.26. The quantitative estimate of drug-likeness (QED) is 0.709. The number of rotatable bonds is 3. The molecule has 0 aliphatic heterocycles. The number of allylic oxidation sites excluding steroid dienone is 4. The van der Waals surface area contributed by atoms with E-state index in [4.69, 9.17) is 0 Å². The summed E-state index contributed by atoms with van der Waals surface area (Å²) in [7, 11) is 0. The Kier molecular flexibility index (Phi) is 4.55. The van der Waals surface area contributed by atoms with Gasteiger partial charge in [-0.15, -0.1) is 0 Å². The number of carbonyl (C=O) groups excluding carboxylic acids is 2. The molecule has 116 valence electrons. The minimum atomic E-state index is -0.462. The van der Waals surface area contributed by atoms with Crippen LogP contribution in [0.1, 0.15) is 66.7 Å². The molecule has 1 unspecified atom stereocenters. The van der Waals surface area contributed by atoms with E-state index in [0.29, 0.717) is 18.8 Å². The van der Waals surface area contributed by atoms with E-state index >= 15 is 0 Å². The van der Waals surface area contributed by atoms with E-state index in [1.165, 1.54) is 5.57 Å². The second-order valence-corrected chi connectivity index (χ2v) is 7.16. The summed E-state index contributed by atoms with van der Waals surface area (Å²) in [5.74, 6) is 0.160. The molecule has 1 fully saturated rings. The van der Waals surface area contributed by atoms with E-state index in [9.17, 15) is 9.59 Å². The van der Waals surface area contributed by atoms with E-state index < -0.39 is 5.92 Å². The van der Waals surface area contributed by atoms with Gasteiger partial charge in [0, 0.05) is 12.8 Å². The SMILES string of the molecule is CCC1(CC)CC(=O)C(C2=C(C)C=C(C)CC2C)C(=O)C1. The molecule has 0 bridgehead atoms. The molecule has 0 heterocycles. The highest BCUT2D eigenvalue weighted by Crippen LogP contribution is 2.45. The third-order valence-electron chi connectivity index (χ3n) is 5.63. The second-order valence-electron chi connectivity index (χ2n) is 7.16. The molecule has 0 saturated heterocycles. The van der Waals surface area contributed by atoms with Crippen LogP contribution in [0.5, 0.6) is 0 Å². The Morgan fingerprint density at radius 1 is 1.10 bits per heavy atom. The molecule has 0 radical (unpaired) electrons. The Hall–Kier alpha value is -1.18. The van der Waals surface area contributed by atoms with Gasteiger partial charge in [-0.05, 0) is 50.0 Å². The van der Waals surface area contributed by atoms with E-state index in [1.807, 2.05) is 0 Å². The Morgan fingerprint density at radius 2 is 1.62 bits per heavy atom. The highest BCUT2D eigenvalue weighted by molar-refractivity contribution is 6.08. The van der Waals surface area contributed by atoms with Crippen LogP contribution in [0.2, 0.25) is 0 Å². The predicted octanol–water partition coefficient (Wildman–Crippen LogP) is 4.64. The highest BCUT2D eigenvalue weighted by Gasteiger charge is 2.45. The van der Waals surface area contributed by atoms with Crippen LogP contribution in [-0.4, -0.2) is 11.6 Å². The van der Waals surface area contributed by atoms with Gasteiger partial charge >= 0.3 is 0 Å². The van der Waals surface area contributed by atoms with Crippen molar-refractivity contribution in [2.75, 3.05) is 0 Å². The van der Waals surface area contributed by atoms with Crippen molar-refractivity contribution in [3.63, 3.8) is 0 Å². The van der Waals surface area contributed by atoms with E-state index in [1.54, 1.807) is 0 Å². The average Bonchev–Trinajstić information content (AvgIpc) is 2.40. The van der Waals surface area contributed by atoms with Gasteiger partial charge < -0.3 is 0 Å². The molecule has 0 aromatic heterocycles. The van der Waals surface area contributed by atoms with Crippen LogP contribution < -0.4 is 0 Å². The zero-order chi connectivity index (χ0) is 15.8. The first kappa shape index (κ1) is 16.2. The Morgan fingerprint density at radius 3 is 2.05 bits per heavy atom. The van der Waals surface area contributed by atoms with Gasteiger partial charge in [0.05, 0.1) is 5.92 Å². The summed E-state index contributed by atoms with van der Waals surface area (Å²) in [5, 5.41) is 0. The summed E-state index contributed by atoms with van der Waals surface area (Å²) in [5.41, 5.74) is 3.49. The third-order valence-corrected chi connectivity index (χ3v) is 5.63. The van der Waals surface area contributed by atoms with Crippen LogP contribution in [0.3, 0.4) is 0 Å². The zero-order valence-electron chi connectivity index (χ0n) is 14.1. The van der Waals surface area contributed by atoms with Crippen LogP contribution in [0.15, 0.2) is 22.8 Å². The largest absolute Gasteiger partial charge is 0.299 e. The first-order valence-corrected chi connectivity index (χ1v) is 8.26. The molecule has 2 rings (SSSR count). The van der Waals surface area contributed by atoms with Crippen molar-refractivity contribution in [2.45, 2.75) is 66.7 Å². The molecule has 21 heavy (non-hydrogen) atoms. The van der Waals surface area contributed by atoms with Crippen LogP contribution in [0.25, 0.3) is 0 Å². The normalized spacial score (nSPS) is 27.1. The third kappa shape index (κ3) is 2.90. The van der Waals surface area contributed by atoms with Crippen molar-refractivity contribution in [1.29, 1.82) is 0 Å². The number of ketones is 2. The van der Waals surface area contributed by atoms with Gasteiger partial charge in [0.1, 0.15) is 11.6 Å². The van der Waals surface area contributed by atoms with Crippen molar-refractivity contribution in [3.8, 4) is 0 Å². The lowest BCUT2D eigenvalue weighted by Gasteiger charge is -2.39. The first-order chi connectivity index (χ1) is 9.83. The highest BCUT2D eigenvalue weighted by atomic mass is 16.2. The Bertz CT molecular complexity index is 498. The molecule has 0 aromatic carbocycles. The van der Waals surface area contributed by atoms with E-state index in [2.05, 4.69) is 40.7 Å². The topological polar surface area (TPSA) is 34.1 Å². The minimum Gasteiger partial charge on any atom is -0.299 e. The van der Waals surface area contributed by atoms with Crippen molar-refractivity contribution >= 4 is 11.6 Å². The Labute approximate surface area is 128 Å². The molecule has 2 aliphatic rings. The number of Topliss-reactive ketones (excluding diaryl/α,β-unsaturated/α-hetero) is 2. The molecule has 2 heteroatoms. The van der Waals surface area contributed by atoms with Crippen molar-refractivity contribution in [1.82, 2.24) is 0 Å². The molecular weight excluding hydrogens is 260 g/mol. The van der Waals surface area contributed by atoms with Gasteiger partial charge in [-0.3, -0.25) is 9.59 Å². The maximum Gasteiger partial charge on any atom is 0.148 e. The zero-order valence-corrected chi connectivity index (χ0v) is 14.1. The number of hydrogen-bond donors (Lipinski definition) is 0. The summed E-state index contributed by atoms with van der Waals surface area (Å²) in [6.07, 6.45) is 6.10. The molecule has 2 aliphatic carbocycles. The molecule has 1 atom stereocenters. The van der Waals surface area contributed by atoms with Gasteiger partial charge in [-0.1, -0.05) is 38.0 Å². The summed E-state index contributed by atoms with van der Waals surface area (Å²) in [6.45, 7) is 10.5. The van der Waals surface area contributed by atoms with Gasteiger partial charge in [0.15, 0.2) is 0 Å². The van der Waals surface area contributed by atoms with E-state index in [0.717, 1.165) is 30.4 Å².